The van der Waals surface area contributed by atoms with Crippen LogP contribution in [0.5, 0.6) is 5.75 Å². The van der Waals surface area contributed by atoms with Crippen LogP contribution in [0.4, 0.5) is 0 Å². The van der Waals surface area contributed by atoms with Gasteiger partial charge in [-0.1, -0.05) is 38.5 Å². The number of ether oxygens (including phenoxy) is 1. The van der Waals surface area contributed by atoms with Gasteiger partial charge in [0.15, 0.2) is 0 Å². The van der Waals surface area contributed by atoms with Gasteiger partial charge in [0, 0.05) is 30.1 Å². The smallest absolute Gasteiger partial charge is 0.308 e. The average Bonchev–Trinajstić information content (AvgIpc) is 3.05. The molecule has 2 aliphatic carbocycles. The quantitative estimate of drug-likeness (QED) is 0.535. The minimum absolute atomic E-state index is 0.226. The number of carbonyl (C=O) groups excluding carboxylic acids is 1. The van der Waals surface area contributed by atoms with Gasteiger partial charge in [0.05, 0.1) is 0 Å². The number of H-pyrrole nitrogens is 1. The monoisotopic (exact) mass is 339 g/mol. The molecule has 0 spiro atoms. The van der Waals surface area contributed by atoms with Crippen molar-refractivity contribution >= 4 is 16.9 Å². The summed E-state index contributed by atoms with van der Waals surface area (Å²) in [5.74, 6) is 1.75. The maximum atomic E-state index is 11.6. The van der Waals surface area contributed by atoms with Gasteiger partial charge in [-0.05, 0) is 54.7 Å². The van der Waals surface area contributed by atoms with Crippen molar-refractivity contribution in [1.29, 1.82) is 0 Å². The van der Waals surface area contributed by atoms with E-state index >= 15 is 0 Å². The lowest BCUT2D eigenvalue weighted by Gasteiger charge is -2.25. The molecule has 0 aliphatic heterocycles. The molecule has 1 aromatic heterocycles. The molecule has 0 bridgehead atoms. The summed E-state index contributed by atoms with van der Waals surface area (Å²) in [4.78, 5) is 15.0. The standard InChI is InChI=1S/C22H29NO2/c1-15(24)25-22-13-21-19(12-18(22)16-8-4-2-5-9-16)20(14-23-21)17-10-6-3-7-11-17/h12-14,16-17,23H,2-11H2,1H3. The minimum atomic E-state index is -0.226. The maximum Gasteiger partial charge on any atom is 0.308 e. The van der Waals surface area contributed by atoms with Crippen molar-refractivity contribution < 1.29 is 9.53 Å². The Balaban J connectivity index is 1.76. The van der Waals surface area contributed by atoms with Gasteiger partial charge in [-0.15, -0.1) is 0 Å². The third kappa shape index (κ3) is 3.47. The lowest BCUT2D eigenvalue weighted by atomic mass is 9.81. The van der Waals surface area contributed by atoms with Crippen molar-refractivity contribution in [2.75, 3.05) is 0 Å². The molecule has 0 radical (unpaired) electrons. The SMILES string of the molecule is CC(=O)Oc1cc2[nH]cc(C3CCCCC3)c2cc1C1CCCCC1. The van der Waals surface area contributed by atoms with Gasteiger partial charge in [0.25, 0.3) is 0 Å². The highest BCUT2D eigenvalue weighted by atomic mass is 16.5. The Morgan fingerprint density at radius 3 is 2.12 bits per heavy atom. The first-order chi connectivity index (χ1) is 12.2. The number of benzene rings is 1. The fourth-order valence-electron chi connectivity index (χ4n) is 4.92. The van der Waals surface area contributed by atoms with Crippen LogP contribution in [-0.4, -0.2) is 11.0 Å². The normalized spacial score (nSPS) is 20.0. The Bertz CT molecular complexity index is 749. The molecule has 2 aromatic rings. The molecule has 3 heteroatoms. The van der Waals surface area contributed by atoms with Gasteiger partial charge in [-0.25, -0.2) is 0 Å². The van der Waals surface area contributed by atoms with Crippen LogP contribution in [0.15, 0.2) is 18.3 Å². The maximum absolute atomic E-state index is 11.6. The molecule has 1 aromatic carbocycles. The zero-order valence-electron chi connectivity index (χ0n) is 15.3. The number of hydrogen-bond acceptors (Lipinski definition) is 2. The molecule has 1 N–H and O–H groups in total. The molecule has 1 heterocycles. The predicted molar refractivity (Wildman–Crippen MR) is 101 cm³/mol. The van der Waals surface area contributed by atoms with E-state index < -0.39 is 0 Å². The Morgan fingerprint density at radius 2 is 1.52 bits per heavy atom. The summed E-state index contributed by atoms with van der Waals surface area (Å²) < 4.78 is 5.60. The lowest BCUT2D eigenvalue weighted by Crippen LogP contribution is -2.10. The topological polar surface area (TPSA) is 42.1 Å². The van der Waals surface area contributed by atoms with Crippen LogP contribution in [0.3, 0.4) is 0 Å². The van der Waals surface area contributed by atoms with Crippen LogP contribution < -0.4 is 4.74 Å². The highest BCUT2D eigenvalue weighted by Gasteiger charge is 2.24. The number of hydrogen-bond donors (Lipinski definition) is 1. The molecule has 2 fully saturated rings. The first kappa shape index (κ1) is 16.7. The highest BCUT2D eigenvalue weighted by Crippen LogP contribution is 2.42. The van der Waals surface area contributed by atoms with E-state index in [1.807, 2.05) is 0 Å². The summed E-state index contributed by atoms with van der Waals surface area (Å²) in [7, 11) is 0. The van der Waals surface area contributed by atoms with Crippen LogP contribution in [0.1, 0.15) is 94.1 Å². The number of fused-ring (bicyclic) bond motifs is 1. The van der Waals surface area contributed by atoms with Crippen molar-refractivity contribution in [3.63, 3.8) is 0 Å². The first-order valence-corrected chi connectivity index (χ1v) is 10.1. The third-order valence-corrected chi connectivity index (χ3v) is 6.19. The van der Waals surface area contributed by atoms with Crippen molar-refractivity contribution in [1.82, 2.24) is 4.98 Å². The summed E-state index contributed by atoms with van der Waals surface area (Å²) in [5.41, 5.74) is 3.83. The molecule has 3 nitrogen and oxygen atoms in total. The van der Waals surface area contributed by atoms with Crippen LogP contribution in [0, 0.1) is 0 Å². The van der Waals surface area contributed by atoms with Crippen LogP contribution in [0.2, 0.25) is 0 Å². The van der Waals surface area contributed by atoms with E-state index in [4.69, 9.17) is 4.74 Å². The number of nitrogens with one attached hydrogen (secondary N) is 1. The molecule has 0 unspecified atom stereocenters. The van der Waals surface area contributed by atoms with E-state index in [2.05, 4.69) is 23.3 Å². The van der Waals surface area contributed by atoms with Crippen LogP contribution >= 0.6 is 0 Å². The fraction of sp³-hybridized carbons (Fsp3) is 0.591. The van der Waals surface area contributed by atoms with Crippen molar-refractivity contribution in [3.05, 3.63) is 29.5 Å². The molecule has 0 atom stereocenters. The lowest BCUT2D eigenvalue weighted by molar-refractivity contribution is -0.131. The van der Waals surface area contributed by atoms with Crippen molar-refractivity contribution in [3.8, 4) is 5.75 Å². The third-order valence-electron chi connectivity index (χ3n) is 6.19. The first-order valence-electron chi connectivity index (χ1n) is 10.1. The summed E-state index contributed by atoms with van der Waals surface area (Å²) in [6, 6.07) is 4.40. The Kier molecular flexibility index (Phi) is 4.82. The van der Waals surface area contributed by atoms with Crippen LogP contribution in [0.25, 0.3) is 10.9 Å². The van der Waals surface area contributed by atoms with Gasteiger partial charge in [-0.2, -0.15) is 0 Å². The number of carbonyl (C=O) groups is 1. The fourth-order valence-corrected chi connectivity index (χ4v) is 4.92. The second kappa shape index (κ2) is 7.23. The predicted octanol–water partition coefficient (Wildman–Crippen LogP) is 6.19. The molecular weight excluding hydrogens is 310 g/mol. The van der Waals surface area contributed by atoms with Crippen molar-refractivity contribution in [2.24, 2.45) is 0 Å². The second-order valence-electron chi connectivity index (χ2n) is 7.94. The molecule has 4 rings (SSSR count). The van der Waals surface area contributed by atoms with E-state index in [-0.39, 0.29) is 5.97 Å². The van der Waals surface area contributed by atoms with Gasteiger partial charge < -0.3 is 9.72 Å². The summed E-state index contributed by atoms with van der Waals surface area (Å²) >= 11 is 0. The second-order valence-corrected chi connectivity index (χ2v) is 7.94. The molecule has 25 heavy (non-hydrogen) atoms. The van der Waals surface area contributed by atoms with Gasteiger partial charge in [-0.3, -0.25) is 4.79 Å². The molecule has 2 aliphatic rings. The molecule has 134 valence electrons. The Labute approximate surface area is 150 Å². The van der Waals surface area contributed by atoms with Gasteiger partial charge >= 0.3 is 5.97 Å². The van der Waals surface area contributed by atoms with E-state index in [0.717, 1.165) is 11.3 Å². The minimum Gasteiger partial charge on any atom is -0.426 e. The van der Waals surface area contributed by atoms with E-state index in [9.17, 15) is 4.79 Å². The van der Waals surface area contributed by atoms with E-state index in [0.29, 0.717) is 11.8 Å². The van der Waals surface area contributed by atoms with E-state index in [1.54, 1.807) is 0 Å². The highest BCUT2D eigenvalue weighted by molar-refractivity contribution is 5.87. The summed E-state index contributed by atoms with van der Waals surface area (Å²) in [6.45, 7) is 1.50. The number of esters is 1. The Morgan fingerprint density at radius 1 is 0.920 bits per heavy atom. The van der Waals surface area contributed by atoms with E-state index in [1.165, 1.54) is 87.6 Å². The largest absolute Gasteiger partial charge is 0.426 e. The zero-order chi connectivity index (χ0) is 17.2. The van der Waals surface area contributed by atoms with Crippen molar-refractivity contribution in [2.45, 2.75) is 83.0 Å². The zero-order valence-corrected chi connectivity index (χ0v) is 15.3. The van der Waals surface area contributed by atoms with Gasteiger partial charge in [0.2, 0.25) is 0 Å². The molecule has 2 saturated carbocycles. The van der Waals surface area contributed by atoms with Gasteiger partial charge in [0.1, 0.15) is 5.75 Å². The average molecular weight is 339 g/mol. The number of rotatable bonds is 3. The molecular formula is C22H29NO2. The molecule has 0 saturated heterocycles. The van der Waals surface area contributed by atoms with Crippen LogP contribution in [-0.2, 0) is 4.79 Å². The molecule has 0 amide bonds. The Hall–Kier alpha value is -1.77. The summed E-state index contributed by atoms with van der Waals surface area (Å²) in [5, 5.41) is 1.35. The summed E-state index contributed by atoms with van der Waals surface area (Å²) in [6.07, 6.45) is 15.2. The number of aromatic nitrogens is 1. The number of aromatic amines is 1.